The Morgan fingerprint density at radius 1 is 1.17 bits per heavy atom. The molecule has 0 radical (unpaired) electrons. The molecular formula is C17H27N3O3S. The van der Waals surface area contributed by atoms with Crippen LogP contribution >= 0.6 is 0 Å². The Balaban J connectivity index is 2.00. The van der Waals surface area contributed by atoms with Crippen LogP contribution in [0.2, 0.25) is 0 Å². The average molecular weight is 353 g/mol. The third-order valence-electron chi connectivity index (χ3n) is 4.54. The van der Waals surface area contributed by atoms with Crippen molar-refractivity contribution < 1.29 is 13.2 Å². The number of hydrogen-bond donors (Lipinski definition) is 1. The van der Waals surface area contributed by atoms with E-state index in [1.165, 1.54) is 39.1 Å². The summed E-state index contributed by atoms with van der Waals surface area (Å²) in [6.45, 7) is 6.96. The van der Waals surface area contributed by atoms with E-state index in [2.05, 4.69) is 24.1 Å². The van der Waals surface area contributed by atoms with Crippen molar-refractivity contribution in [3.05, 3.63) is 29.8 Å². The summed E-state index contributed by atoms with van der Waals surface area (Å²) >= 11 is 0. The van der Waals surface area contributed by atoms with E-state index in [1.807, 2.05) is 0 Å². The highest BCUT2D eigenvalue weighted by atomic mass is 32.2. The molecule has 2 rings (SSSR count). The molecule has 0 atom stereocenters. The van der Waals surface area contributed by atoms with E-state index in [4.69, 9.17) is 0 Å². The largest absolute Gasteiger partial charge is 0.350 e. The number of benzene rings is 1. The van der Waals surface area contributed by atoms with E-state index >= 15 is 0 Å². The van der Waals surface area contributed by atoms with E-state index in [1.54, 1.807) is 12.1 Å². The summed E-state index contributed by atoms with van der Waals surface area (Å²) in [6.07, 6.45) is 2.42. The van der Waals surface area contributed by atoms with Gasteiger partial charge in [-0.3, -0.25) is 9.69 Å². The Kier molecular flexibility index (Phi) is 5.67. The van der Waals surface area contributed by atoms with E-state index in [0.717, 1.165) is 17.4 Å². The zero-order valence-corrected chi connectivity index (χ0v) is 15.7. The molecule has 24 heavy (non-hydrogen) atoms. The lowest BCUT2D eigenvalue weighted by atomic mass is 10.0. The molecule has 1 heterocycles. The number of hydrogen-bond acceptors (Lipinski definition) is 4. The molecule has 1 aromatic carbocycles. The number of nitrogens with one attached hydrogen (secondary N) is 1. The van der Waals surface area contributed by atoms with Crippen molar-refractivity contribution >= 4 is 15.9 Å². The average Bonchev–Trinajstić information content (AvgIpc) is 3.08. The molecule has 7 heteroatoms. The molecule has 1 saturated heterocycles. The quantitative estimate of drug-likeness (QED) is 0.842. The van der Waals surface area contributed by atoms with Crippen LogP contribution in [0.5, 0.6) is 0 Å². The topological polar surface area (TPSA) is 69.7 Å². The summed E-state index contributed by atoms with van der Waals surface area (Å²) in [6, 6.07) is 6.04. The lowest BCUT2D eigenvalue weighted by molar-refractivity contribution is 0.0902. The number of nitrogens with zero attached hydrogens (tertiary/aromatic N) is 2. The first kappa shape index (κ1) is 18.9. The van der Waals surface area contributed by atoms with Crippen LogP contribution in [0.25, 0.3) is 0 Å². The monoisotopic (exact) mass is 353 g/mol. The van der Waals surface area contributed by atoms with Gasteiger partial charge in [0.05, 0.1) is 4.90 Å². The van der Waals surface area contributed by atoms with Crippen molar-refractivity contribution in [2.75, 3.05) is 33.7 Å². The van der Waals surface area contributed by atoms with E-state index in [9.17, 15) is 13.2 Å². The second kappa shape index (κ2) is 7.21. The Hall–Kier alpha value is -1.44. The van der Waals surface area contributed by atoms with Gasteiger partial charge in [-0.1, -0.05) is 0 Å². The fraction of sp³-hybridized carbons (Fsp3) is 0.588. The van der Waals surface area contributed by atoms with E-state index in [-0.39, 0.29) is 16.3 Å². The Morgan fingerprint density at radius 3 is 2.21 bits per heavy atom. The van der Waals surface area contributed by atoms with Gasteiger partial charge in [-0.15, -0.1) is 0 Å². The van der Waals surface area contributed by atoms with Crippen molar-refractivity contribution in [1.29, 1.82) is 0 Å². The van der Waals surface area contributed by atoms with Gasteiger partial charge < -0.3 is 5.32 Å². The van der Waals surface area contributed by atoms with Gasteiger partial charge in [-0.05, 0) is 64.0 Å². The summed E-state index contributed by atoms with van der Waals surface area (Å²) in [7, 11) is -0.506. The van der Waals surface area contributed by atoms with Gasteiger partial charge in [0.1, 0.15) is 0 Å². The molecule has 1 fully saturated rings. The molecule has 0 aromatic heterocycles. The Bertz CT molecular complexity index is 676. The van der Waals surface area contributed by atoms with Crippen LogP contribution in [0, 0.1) is 0 Å². The standard InChI is InChI=1S/C17H27N3O3S/c1-17(2,20-11-5-6-12-20)13-18-16(21)14-7-9-15(10-8-14)24(22,23)19(3)4/h7-10H,5-6,11-13H2,1-4H3,(H,18,21). The number of carbonyl (C=O) groups excluding carboxylic acids is 1. The summed E-state index contributed by atoms with van der Waals surface area (Å²) in [5.41, 5.74) is 0.380. The second-order valence-electron chi connectivity index (χ2n) is 7.00. The van der Waals surface area contributed by atoms with E-state index in [0.29, 0.717) is 12.1 Å². The predicted molar refractivity (Wildman–Crippen MR) is 94.5 cm³/mol. The van der Waals surface area contributed by atoms with Gasteiger partial charge in [0.25, 0.3) is 5.91 Å². The Labute approximate surface area is 144 Å². The number of amides is 1. The lowest BCUT2D eigenvalue weighted by Crippen LogP contribution is -2.50. The molecule has 0 spiro atoms. The number of carbonyl (C=O) groups is 1. The molecule has 134 valence electrons. The van der Waals surface area contributed by atoms with Crippen LogP contribution in [-0.4, -0.2) is 62.8 Å². The maximum atomic E-state index is 12.3. The van der Waals surface area contributed by atoms with Gasteiger partial charge in [0, 0.05) is 31.7 Å². The van der Waals surface area contributed by atoms with Crippen LogP contribution in [0.3, 0.4) is 0 Å². The van der Waals surface area contributed by atoms with Crippen LogP contribution in [0.4, 0.5) is 0 Å². The molecule has 1 aliphatic heterocycles. The zero-order valence-electron chi connectivity index (χ0n) is 14.9. The molecule has 6 nitrogen and oxygen atoms in total. The number of sulfonamides is 1. The lowest BCUT2D eigenvalue weighted by Gasteiger charge is -2.35. The molecule has 0 saturated carbocycles. The third-order valence-corrected chi connectivity index (χ3v) is 6.37. The van der Waals surface area contributed by atoms with Crippen LogP contribution < -0.4 is 5.32 Å². The zero-order chi connectivity index (χ0) is 18.0. The van der Waals surface area contributed by atoms with E-state index < -0.39 is 10.0 Å². The highest BCUT2D eigenvalue weighted by Gasteiger charge is 2.29. The summed E-state index contributed by atoms with van der Waals surface area (Å²) in [5.74, 6) is -0.184. The molecule has 1 aromatic rings. The van der Waals surface area contributed by atoms with Gasteiger partial charge in [0.2, 0.25) is 10.0 Å². The van der Waals surface area contributed by atoms with Crippen molar-refractivity contribution in [2.24, 2.45) is 0 Å². The smallest absolute Gasteiger partial charge is 0.251 e. The van der Waals surface area contributed by atoms with Gasteiger partial charge in [0.15, 0.2) is 0 Å². The van der Waals surface area contributed by atoms with Crippen LogP contribution in [0.15, 0.2) is 29.2 Å². The fourth-order valence-electron chi connectivity index (χ4n) is 2.82. The minimum atomic E-state index is -3.47. The normalized spacial score (nSPS) is 16.5. The molecule has 0 aliphatic carbocycles. The maximum Gasteiger partial charge on any atom is 0.251 e. The molecule has 1 aliphatic rings. The van der Waals surface area contributed by atoms with Crippen LogP contribution in [-0.2, 0) is 10.0 Å². The minimum absolute atomic E-state index is 0.0830. The molecular weight excluding hydrogens is 326 g/mol. The first-order chi connectivity index (χ1) is 11.1. The Morgan fingerprint density at radius 2 is 1.71 bits per heavy atom. The van der Waals surface area contributed by atoms with Gasteiger partial charge in [-0.2, -0.15) is 0 Å². The van der Waals surface area contributed by atoms with Crippen molar-refractivity contribution in [2.45, 2.75) is 37.1 Å². The first-order valence-electron chi connectivity index (χ1n) is 8.20. The van der Waals surface area contributed by atoms with Gasteiger partial charge in [-0.25, -0.2) is 12.7 Å². The number of likely N-dealkylation sites (tertiary alicyclic amines) is 1. The van der Waals surface area contributed by atoms with Crippen LogP contribution in [0.1, 0.15) is 37.0 Å². The summed E-state index contributed by atoms with van der Waals surface area (Å²) in [5, 5.41) is 2.96. The highest BCUT2D eigenvalue weighted by Crippen LogP contribution is 2.20. The maximum absolute atomic E-state index is 12.3. The minimum Gasteiger partial charge on any atom is -0.350 e. The van der Waals surface area contributed by atoms with Crippen molar-refractivity contribution in [3.8, 4) is 0 Å². The second-order valence-corrected chi connectivity index (χ2v) is 9.15. The summed E-state index contributed by atoms with van der Waals surface area (Å²) < 4.78 is 25.2. The SMILES string of the molecule is CN(C)S(=O)(=O)c1ccc(C(=O)NCC(C)(C)N2CCCC2)cc1. The number of rotatable bonds is 6. The first-order valence-corrected chi connectivity index (χ1v) is 9.64. The van der Waals surface area contributed by atoms with Gasteiger partial charge >= 0.3 is 0 Å². The fourth-order valence-corrected chi connectivity index (χ4v) is 3.72. The third kappa shape index (κ3) is 4.15. The molecule has 1 N–H and O–H groups in total. The molecule has 0 unspecified atom stereocenters. The summed E-state index contributed by atoms with van der Waals surface area (Å²) in [4.78, 5) is 14.9. The van der Waals surface area contributed by atoms with Crippen molar-refractivity contribution in [1.82, 2.24) is 14.5 Å². The van der Waals surface area contributed by atoms with Crippen molar-refractivity contribution in [3.63, 3.8) is 0 Å². The predicted octanol–water partition coefficient (Wildman–Crippen LogP) is 1.54. The molecule has 1 amide bonds. The molecule has 0 bridgehead atoms. The highest BCUT2D eigenvalue weighted by molar-refractivity contribution is 7.89.